The van der Waals surface area contributed by atoms with Crippen LogP contribution in [0.3, 0.4) is 0 Å². The summed E-state index contributed by atoms with van der Waals surface area (Å²) in [7, 11) is 1.64. The highest BCUT2D eigenvalue weighted by Gasteiger charge is 2.23. The predicted molar refractivity (Wildman–Crippen MR) is 101 cm³/mol. The molecule has 2 aromatic carbocycles. The number of rotatable bonds is 5. The molecule has 0 aliphatic carbocycles. The van der Waals surface area contributed by atoms with Crippen molar-refractivity contribution >= 4 is 32.6 Å². The van der Waals surface area contributed by atoms with Gasteiger partial charge >= 0.3 is 0 Å². The fourth-order valence-electron chi connectivity index (χ4n) is 3.07. The average molecular weight is 386 g/mol. The molecular formula is C20H20BrNO2. The number of halogens is 1. The van der Waals surface area contributed by atoms with Crippen molar-refractivity contribution in [2.45, 2.75) is 25.2 Å². The zero-order valence-corrected chi connectivity index (χ0v) is 15.6. The molecule has 0 aliphatic heterocycles. The Hall–Kier alpha value is -2.07. The highest BCUT2D eigenvalue weighted by Crippen LogP contribution is 2.31. The number of ketones is 1. The number of fused-ring (bicyclic) bond motifs is 1. The molecule has 0 N–H and O–H groups in total. The summed E-state index contributed by atoms with van der Waals surface area (Å²) in [5.74, 6) is 0.855. The summed E-state index contributed by atoms with van der Waals surface area (Å²) < 4.78 is 7.55. The minimum atomic E-state index is -0.224. The molecule has 0 spiro atoms. The number of methoxy groups -OCH3 is 1. The molecule has 4 heteroatoms. The maximum atomic E-state index is 12.7. The van der Waals surface area contributed by atoms with Crippen LogP contribution in [-0.4, -0.2) is 22.3 Å². The number of alkyl halides is 1. The Bertz CT molecular complexity index is 882. The van der Waals surface area contributed by atoms with Crippen LogP contribution in [0.5, 0.6) is 5.75 Å². The summed E-state index contributed by atoms with van der Waals surface area (Å²) in [5.41, 5.74) is 4.01. The molecule has 3 rings (SSSR count). The molecular weight excluding hydrogens is 366 g/mol. The van der Waals surface area contributed by atoms with Gasteiger partial charge in [0.2, 0.25) is 0 Å². The van der Waals surface area contributed by atoms with Crippen molar-refractivity contribution < 1.29 is 9.53 Å². The number of benzene rings is 2. The largest absolute Gasteiger partial charge is 0.497 e. The van der Waals surface area contributed by atoms with Crippen LogP contribution in [0, 0.1) is 6.92 Å². The number of hydrogen-bond donors (Lipinski definition) is 0. The first-order chi connectivity index (χ1) is 11.5. The highest BCUT2D eigenvalue weighted by molar-refractivity contribution is 9.10. The maximum Gasteiger partial charge on any atom is 0.178 e. The van der Waals surface area contributed by atoms with Crippen LogP contribution in [0.2, 0.25) is 0 Å². The minimum Gasteiger partial charge on any atom is -0.497 e. The fourth-order valence-corrected chi connectivity index (χ4v) is 3.30. The first-order valence-electron chi connectivity index (χ1n) is 7.92. The number of carbonyl (C=O) groups is 1. The van der Waals surface area contributed by atoms with Gasteiger partial charge in [0.05, 0.1) is 11.9 Å². The fraction of sp³-hybridized carbons (Fsp3) is 0.250. The Morgan fingerprint density at radius 3 is 2.54 bits per heavy atom. The molecule has 0 saturated carbocycles. The van der Waals surface area contributed by atoms with E-state index in [1.54, 1.807) is 7.11 Å². The van der Waals surface area contributed by atoms with E-state index in [1.807, 2.05) is 50.2 Å². The topological polar surface area (TPSA) is 31.2 Å². The van der Waals surface area contributed by atoms with Crippen molar-refractivity contribution in [1.29, 1.82) is 0 Å². The van der Waals surface area contributed by atoms with Gasteiger partial charge in [-0.3, -0.25) is 4.79 Å². The van der Waals surface area contributed by atoms with Crippen molar-refractivity contribution in [3.63, 3.8) is 0 Å². The SMILES string of the molecule is COc1ccc2c(c1)c(C(=O)C(C)Br)c(C)n2Cc1ccccc1. The van der Waals surface area contributed by atoms with Gasteiger partial charge in [-0.05, 0) is 37.6 Å². The quantitative estimate of drug-likeness (QED) is 0.458. The predicted octanol–water partition coefficient (Wildman–Crippen LogP) is 4.97. The Morgan fingerprint density at radius 1 is 1.21 bits per heavy atom. The molecule has 0 aliphatic rings. The van der Waals surface area contributed by atoms with E-state index >= 15 is 0 Å². The van der Waals surface area contributed by atoms with Crippen LogP contribution in [0.1, 0.15) is 28.5 Å². The maximum absolute atomic E-state index is 12.7. The Kier molecular flexibility index (Phi) is 4.76. The van der Waals surface area contributed by atoms with E-state index in [4.69, 9.17) is 4.74 Å². The molecule has 0 bridgehead atoms. The summed E-state index contributed by atoms with van der Waals surface area (Å²) in [5, 5.41) is 0.944. The van der Waals surface area contributed by atoms with E-state index in [-0.39, 0.29) is 10.6 Å². The smallest absolute Gasteiger partial charge is 0.178 e. The number of Topliss-reactive ketones (excluding diaryl/α,β-unsaturated/α-hetero) is 1. The zero-order chi connectivity index (χ0) is 17.3. The molecule has 3 nitrogen and oxygen atoms in total. The third-order valence-corrected chi connectivity index (χ3v) is 4.74. The molecule has 0 radical (unpaired) electrons. The lowest BCUT2D eigenvalue weighted by molar-refractivity contribution is 0.0996. The van der Waals surface area contributed by atoms with Gasteiger partial charge in [0, 0.05) is 28.7 Å². The molecule has 124 valence electrons. The number of nitrogens with zero attached hydrogens (tertiary/aromatic N) is 1. The second-order valence-electron chi connectivity index (χ2n) is 5.90. The van der Waals surface area contributed by atoms with Crippen LogP contribution >= 0.6 is 15.9 Å². The Labute approximate surface area is 150 Å². The van der Waals surface area contributed by atoms with Gasteiger partial charge in [-0.15, -0.1) is 0 Å². The van der Waals surface area contributed by atoms with Crippen molar-refractivity contribution in [3.05, 3.63) is 65.4 Å². The van der Waals surface area contributed by atoms with Gasteiger partial charge in [-0.25, -0.2) is 0 Å². The van der Waals surface area contributed by atoms with E-state index in [0.29, 0.717) is 0 Å². The van der Waals surface area contributed by atoms with E-state index in [2.05, 4.69) is 32.6 Å². The first-order valence-corrected chi connectivity index (χ1v) is 8.83. The van der Waals surface area contributed by atoms with Crippen LogP contribution in [0.4, 0.5) is 0 Å². The van der Waals surface area contributed by atoms with Crippen LogP contribution in [-0.2, 0) is 6.54 Å². The first kappa shape index (κ1) is 16.8. The molecule has 24 heavy (non-hydrogen) atoms. The lowest BCUT2D eigenvalue weighted by Gasteiger charge is -2.09. The van der Waals surface area contributed by atoms with Crippen molar-refractivity contribution in [1.82, 2.24) is 4.57 Å². The summed E-state index contributed by atoms with van der Waals surface area (Å²) in [6.07, 6.45) is 0. The summed E-state index contributed by atoms with van der Waals surface area (Å²) in [4.78, 5) is 12.5. The lowest BCUT2D eigenvalue weighted by Crippen LogP contribution is -2.12. The van der Waals surface area contributed by atoms with Gasteiger partial charge in [-0.2, -0.15) is 0 Å². The zero-order valence-electron chi connectivity index (χ0n) is 14.0. The van der Waals surface area contributed by atoms with Crippen LogP contribution in [0.25, 0.3) is 10.9 Å². The van der Waals surface area contributed by atoms with Crippen molar-refractivity contribution in [2.24, 2.45) is 0 Å². The minimum absolute atomic E-state index is 0.0950. The van der Waals surface area contributed by atoms with Gasteiger partial charge in [-0.1, -0.05) is 46.3 Å². The van der Waals surface area contributed by atoms with Crippen molar-refractivity contribution in [3.8, 4) is 5.75 Å². The molecule has 1 unspecified atom stereocenters. The van der Waals surface area contributed by atoms with Crippen LogP contribution < -0.4 is 4.74 Å². The van der Waals surface area contributed by atoms with Crippen LogP contribution in [0.15, 0.2) is 48.5 Å². The van der Waals surface area contributed by atoms with Gasteiger partial charge in [0.1, 0.15) is 5.75 Å². The van der Waals surface area contributed by atoms with E-state index < -0.39 is 0 Å². The highest BCUT2D eigenvalue weighted by atomic mass is 79.9. The molecule has 0 amide bonds. The molecule has 1 aromatic heterocycles. The van der Waals surface area contributed by atoms with Gasteiger partial charge < -0.3 is 9.30 Å². The average Bonchev–Trinajstić information content (AvgIpc) is 2.86. The number of ether oxygens (including phenoxy) is 1. The van der Waals surface area contributed by atoms with E-state index in [9.17, 15) is 4.79 Å². The second kappa shape index (κ2) is 6.81. The number of carbonyl (C=O) groups excluding carboxylic acids is 1. The van der Waals surface area contributed by atoms with Gasteiger partial charge in [0.15, 0.2) is 5.78 Å². The molecule has 0 saturated heterocycles. The molecule has 0 fully saturated rings. The second-order valence-corrected chi connectivity index (χ2v) is 7.27. The Morgan fingerprint density at radius 2 is 1.92 bits per heavy atom. The lowest BCUT2D eigenvalue weighted by atomic mass is 10.0. The third kappa shape index (κ3) is 2.98. The normalized spacial score (nSPS) is 12.3. The number of aromatic nitrogens is 1. The molecule has 1 atom stereocenters. The summed E-state index contributed by atoms with van der Waals surface area (Å²) >= 11 is 3.42. The van der Waals surface area contributed by atoms with E-state index in [1.165, 1.54) is 5.56 Å². The van der Waals surface area contributed by atoms with Crippen molar-refractivity contribution in [2.75, 3.05) is 7.11 Å². The molecule has 1 heterocycles. The number of hydrogen-bond acceptors (Lipinski definition) is 2. The van der Waals surface area contributed by atoms with E-state index in [0.717, 1.165) is 34.5 Å². The Balaban J connectivity index is 2.22. The third-order valence-electron chi connectivity index (χ3n) is 4.32. The van der Waals surface area contributed by atoms with Gasteiger partial charge in [0.25, 0.3) is 0 Å². The molecule has 3 aromatic rings. The summed E-state index contributed by atoms with van der Waals surface area (Å²) in [6.45, 7) is 4.61. The standard InChI is InChI=1S/C20H20BrNO2/c1-13(21)20(23)19-14(2)22(12-15-7-5-4-6-8-15)18-10-9-16(24-3)11-17(18)19/h4-11,13H,12H2,1-3H3. The monoisotopic (exact) mass is 385 g/mol. The summed E-state index contributed by atoms with van der Waals surface area (Å²) in [6, 6.07) is 16.2.